The topological polar surface area (TPSA) is 54.9 Å². The number of halogens is 5. The minimum atomic E-state index is -2.89. The van der Waals surface area contributed by atoms with Crippen molar-refractivity contribution in [3.05, 3.63) is 97.7 Å². The molecular formula is C23H15ClF4N2O2S. The van der Waals surface area contributed by atoms with E-state index in [1.54, 1.807) is 0 Å². The molecular weight excluding hydrogens is 480 g/mol. The van der Waals surface area contributed by atoms with Crippen molar-refractivity contribution < 1.29 is 17.6 Å². The first-order valence-corrected chi connectivity index (χ1v) is 12.1. The number of aryl methyl sites for hydroxylation is 1. The number of aromatic amines is 1. The molecule has 0 aliphatic carbocycles. The maximum Gasteiger partial charge on any atom is 0.328 e. The van der Waals surface area contributed by atoms with Crippen LogP contribution in [0.15, 0.2) is 72.8 Å². The quantitative estimate of drug-likeness (QED) is 0.370. The van der Waals surface area contributed by atoms with Gasteiger partial charge in [0.15, 0.2) is 0 Å². The Morgan fingerprint density at radius 3 is 2.03 bits per heavy atom. The maximum absolute atomic E-state index is 15.3. The molecule has 2 heterocycles. The van der Waals surface area contributed by atoms with Crippen LogP contribution in [0.25, 0.3) is 10.9 Å². The van der Waals surface area contributed by atoms with Crippen molar-refractivity contribution in [3.8, 4) is 0 Å². The van der Waals surface area contributed by atoms with Gasteiger partial charge in [-0.1, -0.05) is 11.6 Å². The van der Waals surface area contributed by atoms with Gasteiger partial charge in [-0.25, -0.2) is 22.4 Å². The molecule has 0 atom stereocenters. The molecule has 0 unspecified atom stereocenters. The number of H-pyrrole nitrogens is 1. The Hall–Kier alpha value is -3.04. The second-order valence-electron chi connectivity index (χ2n) is 7.66. The Bertz CT molecular complexity index is 1520. The molecule has 0 bridgehead atoms. The van der Waals surface area contributed by atoms with Gasteiger partial charge >= 0.3 is 5.69 Å². The predicted molar refractivity (Wildman–Crippen MR) is 118 cm³/mol. The number of hydrogen-bond acceptors (Lipinski definition) is 2. The fourth-order valence-electron chi connectivity index (χ4n) is 4.48. The van der Waals surface area contributed by atoms with Gasteiger partial charge in [-0.15, -0.1) is 0 Å². The zero-order chi connectivity index (χ0) is 23.5. The maximum atomic E-state index is 15.3. The number of aromatic nitrogens is 2. The highest BCUT2D eigenvalue weighted by Crippen LogP contribution is 2.71. The molecule has 5 rings (SSSR count). The summed E-state index contributed by atoms with van der Waals surface area (Å²) in [7, 11) is -2.89. The Kier molecular flexibility index (Phi) is 5.13. The van der Waals surface area contributed by atoms with Gasteiger partial charge in [-0.05, 0) is 48.6 Å². The first kappa shape index (κ1) is 21.8. The summed E-state index contributed by atoms with van der Waals surface area (Å²) in [6, 6.07) is 8.84. The van der Waals surface area contributed by atoms with Gasteiger partial charge in [0.25, 0.3) is 5.56 Å². The lowest BCUT2D eigenvalue weighted by molar-refractivity contribution is 0.559. The van der Waals surface area contributed by atoms with Crippen molar-refractivity contribution in [2.24, 2.45) is 0 Å². The SMILES string of the molecule is O=c1[nH]c(=O)n2c3c(cc(Cl)cc13)S(c1ccc(F)cc1F)(c1ccc(F)cc1F)CCC2. The molecule has 1 aliphatic heterocycles. The summed E-state index contributed by atoms with van der Waals surface area (Å²) in [6.45, 7) is 0.168. The Morgan fingerprint density at radius 2 is 1.45 bits per heavy atom. The summed E-state index contributed by atoms with van der Waals surface area (Å²) >= 11 is 6.34. The van der Waals surface area contributed by atoms with Crippen molar-refractivity contribution in [2.75, 3.05) is 5.75 Å². The lowest BCUT2D eigenvalue weighted by Gasteiger charge is -2.41. The van der Waals surface area contributed by atoms with Crippen molar-refractivity contribution in [1.29, 1.82) is 0 Å². The standard InChI is InChI=1S/C23H15ClF4N2O2S/c24-12-8-15-21-20(9-12)33(18-4-2-13(25)10-16(18)27,19-5-3-14(26)11-17(19)28)7-1-6-30(21)23(32)29-22(15)31/h2-5,8-11H,1,6-7H2,(H,29,31,32). The Balaban J connectivity index is 2.05. The molecule has 33 heavy (non-hydrogen) atoms. The van der Waals surface area contributed by atoms with E-state index in [-0.39, 0.29) is 42.9 Å². The Labute approximate surface area is 190 Å². The number of rotatable bonds is 2. The summed E-state index contributed by atoms with van der Waals surface area (Å²) < 4.78 is 59.7. The first-order chi connectivity index (χ1) is 15.7. The van der Waals surface area contributed by atoms with Gasteiger partial charge in [-0.3, -0.25) is 14.3 Å². The van der Waals surface area contributed by atoms with Crippen LogP contribution < -0.4 is 11.2 Å². The van der Waals surface area contributed by atoms with E-state index in [4.69, 9.17) is 11.6 Å². The van der Waals surface area contributed by atoms with Gasteiger partial charge in [0.1, 0.15) is 23.3 Å². The van der Waals surface area contributed by atoms with Crippen molar-refractivity contribution >= 4 is 32.5 Å². The monoisotopic (exact) mass is 494 g/mol. The number of hydrogen-bond donors (Lipinski definition) is 1. The van der Waals surface area contributed by atoms with E-state index in [2.05, 4.69) is 4.98 Å². The molecule has 0 saturated heterocycles. The summed E-state index contributed by atoms with van der Waals surface area (Å²) in [5.74, 6) is -3.31. The summed E-state index contributed by atoms with van der Waals surface area (Å²) in [5, 5.41) is 0.206. The molecule has 0 amide bonds. The van der Waals surface area contributed by atoms with Crippen LogP contribution in [0, 0.1) is 23.3 Å². The van der Waals surface area contributed by atoms with Gasteiger partial charge in [0.2, 0.25) is 0 Å². The van der Waals surface area contributed by atoms with Crippen LogP contribution >= 0.6 is 21.6 Å². The lowest BCUT2D eigenvalue weighted by atomic mass is 10.2. The lowest BCUT2D eigenvalue weighted by Crippen LogP contribution is -2.30. The van der Waals surface area contributed by atoms with E-state index in [1.165, 1.54) is 28.8 Å². The fraction of sp³-hybridized carbons (Fsp3) is 0.130. The average molecular weight is 495 g/mol. The molecule has 0 saturated carbocycles. The number of nitrogens with one attached hydrogen (secondary N) is 1. The third-order valence-corrected chi connectivity index (χ3v) is 10.1. The normalized spacial score (nSPS) is 15.9. The Morgan fingerprint density at radius 1 is 0.848 bits per heavy atom. The summed E-state index contributed by atoms with van der Waals surface area (Å²) in [6.07, 6.45) is 0.302. The van der Waals surface area contributed by atoms with Crippen molar-refractivity contribution in [1.82, 2.24) is 9.55 Å². The highest BCUT2D eigenvalue weighted by Gasteiger charge is 2.39. The van der Waals surface area contributed by atoms with Gasteiger partial charge in [0.05, 0.1) is 10.9 Å². The molecule has 4 nitrogen and oxygen atoms in total. The molecule has 4 aromatic rings. The number of benzene rings is 3. The third-order valence-electron chi connectivity index (χ3n) is 5.77. The highest BCUT2D eigenvalue weighted by molar-refractivity contribution is 8.34. The minimum Gasteiger partial charge on any atom is -0.292 e. The van der Waals surface area contributed by atoms with Gasteiger partial charge in [-0.2, -0.15) is 10.0 Å². The smallest absolute Gasteiger partial charge is 0.292 e. The second kappa shape index (κ2) is 7.78. The van der Waals surface area contributed by atoms with Crippen LogP contribution in [-0.4, -0.2) is 15.3 Å². The second-order valence-corrected chi connectivity index (χ2v) is 11.3. The molecule has 170 valence electrons. The van der Waals surface area contributed by atoms with E-state index in [1.807, 2.05) is 0 Å². The zero-order valence-electron chi connectivity index (χ0n) is 16.8. The molecule has 1 aromatic heterocycles. The highest BCUT2D eigenvalue weighted by atomic mass is 35.5. The van der Waals surface area contributed by atoms with E-state index >= 15 is 8.78 Å². The third kappa shape index (κ3) is 3.29. The molecule has 0 fully saturated rings. The molecule has 1 N–H and O–H groups in total. The van der Waals surface area contributed by atoms with Crippen LogP contribution in [0.1, 0.15) is 6.42 Å². The fourth-order valence-corrected chi connectivity index (χ4v) is 8.96. The largest absolute Gasteiger partial charge is 0.328 e. The van der Waals surface area contributed by atoms with Gasteiger partial charge < -0.3 is 0 Å². The molecule has 1 aliphatic rings. The van der Waals surface area contributed by atoms with Crippen LogP contribution in [0.4, 0.5) is 17.6 Å². The van der Waals surface area contributed by atoms with Crippen LogP contribution in [-0.2, 0) is 6.54 Å². The van der Waals surface area contributed by atoms with Crippen LogP contribution in [0.2, 0.25) is 5.02 Å². The average Bonchev–Trinajstić information content (AvgIpc) is 2.90. The van der Waals surface area contributed by atoms with E-state index < -0.39 is 44.5 Å². The summed E-state index contributed by atoms with van der Waals surface area (Å²) in [4.78, 5) is 27.8. The minimum absolute atomic E-state index is 0.000782. The molecule has 0 radical (unpaired) electrons. The number of nitrogens with zero attached hydrogens (tertiary/aromatic N) is 1. The van der Waals surface area contributed by atoms with Gasteiger partial charge in [0, 0.05) is 38.4 Å². The van der Waals surface area contributed by atoms with Crippen LogP contribution in [0.3, 0.4) is 0 Å². The molecule has 0 spiro atoms. The zero-order valence-corrected chi connectivity index (χ0v) is 18.4. The van der Waals surface area contributed by atoms with E-state index in [0.717, 1.165) is 12.1 Å². The summed E-state index contributed by atoms with van der Waals surface area (Å²) in [5.41, 5.74) is -1.15. The van der Waals surface area contributed by atoms with E-state index in [0.29, 0.717) is 18.6 Å². The predicted octanol–water partition coefficient (Wildman–Crippen LogP) is 5.59. The van der Waals surface area contributed by atoms with Crippen molar-refractivity contribution in [3.63, 3.8) is 0 Å². The molecule has 10 heteroatoms. The van der Waals surface area contributed by atoms with Crippen molar-refractivity contribution in [2.45, 2.75) is 27.7 Å². The van der Waals surface area contributed by atoms with Crippen LogP contribution in [0.5, 0.6) is 0 Å². The molecule has 3 aromatic carbocycles. The first-order valence-electron chi connectivity index (χ1n) is 9.90. The van der Waals surface area contributed by atoms with E-state index in [9.17, 15) is 18.4 Å².